The molecule has 0 fully saturated rings. The van der Waals surface area contributed by atoms with E-state index >= 15 is 0 Å². The van der Waals surface area contributed by atoms with E-state index in [-0.39, 0.29) is 0 Å². The molecular formula is C21H19N5. The smallest absolute Gasteiger partial charge is 0.137 e. The van der Waals surface area contributed by atoms with Gasteiger partial charge in [0.05, 0.1) is 29.0 Å². The van der Waals surface area contributed by atoms with Crippen molar-refractivity contribution in [2.75, 3.05) is 5.32 Å². The standard InChI is InChI=1S/C21H19N5/c1-13-7-14(2)20-18(8-13)21(16(9-22)10-23-20)24-11-17-12-26-15(3)5-4-6-19(26)25-17/h4-8,10,12H,11H2,1-3H3,(H,23,24). The van der Waals surface area contributed by atoms with Crippen molar-refractivity contribution >= 4 is 22.2 Å². The van der Waals surface area contributed by atoms with Gasteiger partial charge in [0.1, 0.15) is 11.7 Å². The fraction of sp³-hybridized carbons (Fsp3) is 0.190. The third kappa shape index (κ3) is 2.66. The average molecular weight is 341 g/mol. The Balaban J connectivity index is 1.76. The van der Waals surface area contributed by atoms with Crippen LogP contribution in [-0.4, -0.2) is 14.4 Å². The van der Waals surface area contributed by atoms with Gasteiger partial charge in [0, 0.05) is 23.5 Å². The molecule has 0 atom stereocenters. The fourth-order valence-electron chi connectivity index (χ4n) is 3.40. The van der Waals surface area contributed by atoms with Crippen molar-refractivity contribution in [2.45, 2.75) is 27.3 Å². The molecule has 3 aromatic heterocycles. The molecule has 0 amide bonds. The van der Waals surface area contributed by atoms with Crippen LogP contribution < -0.4 is 5.32 Å². The highest BCUT2D eigenvalue weighted by Crippen LogP contribution is 2.29. The number of hydrogen-bond acceptors (Lipinski definition) is 4. The van der Waals surface area contributed by atoms with Crippen molar-refractivity contribution in [2.24, 2.45) is 0 Å². The monoisotopic (exact) mass is 341 g/mol. The number of aromatic nitrogens is 3. The highest BCUT2D eigenvalue weighted by molar-refractivity contribution is 5.96. The summed E-state index contributed by atoms with van der Waals surface area (Å²) in [5.41, 5.74) is 7.53. The third-order valence-electron chi connectivity index (χ3n) is 4.62. The van der Waals surface area contributed by atoms with E-state index in [1.54, 1.807) is 6.20 Å². The fourth-order valence-corrected chi connectivity index (χ4v) is 3.40. The Bertz CT molecular complexity index is 1180. The van der Waals surface area contributed by atoms with Crippen molar-refractivity contribution in [1.29, 1.82) is 5.26 Å². The van der Waals surface area contributed by atoms with Crippen molar-refractivity contribution in [3.63, 3.8) is 0 Å². The molecule has 4 aromatic rings. The molecular weight excluding hydrogens is 322 g/mol. The van der Waals surface area contributed by atoms with Crippen LogP contribution in [-0.2, 0) is 6.54 Å². The molecule has 1 N–H and O–H groups in total. The minimum Gasteiger partial charge on any atom is -0.378 e. The Kier molecular flexibility index (Phi) is 3.81. The summed E-state index contributed by atoms with van der Waals surface area (Å²) in [5.74, 6) is 0. The number of anilines is 1. The average Bonchev–Trinajstić information content (AvgIpc) is 3.04. The molecule has 0 unspecified atom stereocenters. The second-order valence-electron chi connectivity index (χ2n) is 6.62. The van der Waals surface area contributed by atoms with E-state index in [0.717, 1.165) is 44.8 Å². The first kappa shape index (κ1) is 16.1. The number of fused-ring (bicyclic) bond motifs is 2. The van der Waals surface area contributed by atoms with Gasteiger partial charge in [-0.25, -0.2) is 4.98 Å². The van der Waals surface area contributed by atoms with Crippen molar-refractivity contribution in [3.05, 3.63) is 70.8 Å². The Morgan fingerprint density at radius 1 is 1.19 bits per heavy atom. The van der Waals surface area contributed by atoms with Gasteiger partial charge in [0.2, 0.25) is 0 Å². The number of nitrogens with zero attached hydrogens (tertiary/aromatic N) is 4. The van der Waals surface area contributed by atoms with Gasteiger partial charge in [0.15, 0.2) is 0 Å². The zero-order valence-corrected chi connectivity index (χ0v) is 15.0. The first-order chi connectivity index (χ1) is 12.6. The Hall–Kier alpha value is -3.39. The summed E-state index contributed by atoms with van der Waals surface area (Å²) in [4.78, 5) is 9.13. The lowest BCUT2D eigenvalue weighted by molar-refractivity contribution is 1.06. The van der Waals surface area contributed by atoms with Crippen molar-refractivity contribution < 1.29 is 0 Å². The molecule has 0 saturated carbocycles. The molecule has 26 heavy (non-hydrogen) atoms. The van der Waals surface area contributed by atoms with Crippen LogP contribution in [0.25, 0.3) is 16.6 Å². The van der Waals surface area contributed by atoms with Gasteiger partial charge in [-0.05, 0) is 44.5 Å². The molecule has 0 saturated heterocycles. The topological polar surface area (TPSA) is 66.0 Å². The normalized spacial score (nSPS) is 11.0. The predicted molar refractivity (Wildman–Crippen MR) is 103 cm³/mol. The first-order valence-electron chi connectivity index (χ1n) is 8.54. The summed E-state index contributed by atoms with van der Waals surface area (Å²) in [7, 11) is 0. The molecule has 3 heterocycles. The molecule has 0 radical (unpaired) electrons. The number of pyridine rings is 2. The van der Waals surface area contributed by atoms with Crippen LogP contribution in [0.1, 0.15) is 28.1 Å². The first-order valence-corrected chi connectivity index (χ1v) is 8.54. The zero-order chi connectivity index (χ0) is 18.3. The summed E-state index contributed by atoms with van der Waals surface area (Å²) in [6.07, 6.45) is 3.67. The number of imidazole rings is 1. The molecule has 1 aromatic carbocycles. The maximum atomic E-state index is 9.51. The van der Waals surface area contributed by atoms with Crippen LogP contribution in [0.3, 0.4) is 0 Å². The van der Waals surface area contributed by atoms with Crippen LogP contribution in [0.5, 0.6) is 0 Å². The highest BCUT2D eigenvalue weighted by atomic mass is 15.0. The molecule has 5 nitrogen and oxygen atoms in total. The van der Waals surface area contributed by atoms with E-state index in [9.17, 15) is 5.26 Å². The number of nitrogens with one attached hydrogen (secondary N) is 1. The molecule has 4 rings (SSSR count). The molecule has 0 aliphatic carbocycles. The lowest BCUT2D eigenvalue weighted by atomic mass is 10.0. The third-order valence-corrected chi connectivity index (χ3v) is 4.62. The van der Waals surface area contributed by atoms with Crippen LogP contribution in [0.4, 0.5) is 5.69 Å². The highest BCUT2D eigenvalue weighted by Gasteiger charge is 2.12. The van der Waals surface area contributed by atoms with Crippen LogP contribution in [0.15, 0.2) is 42.7 Å². The largest absolute Gasteiger partial charge is 0.378 e. The second-order valence-corrected chi connectivity index (χ2v) is 6.62. The van der Waals surface area contributed by atoms with Gasteiger partial charge < -0.3 is 9.72 Å². The van der Waals surface area contributed by atoms with Gasteiger partial charge in [0.25, 0.3) is 0 Å². The Morgan fingerprint density at radius 2 is 2.04 bits per heavy atom. The van der Waals surface area contributed by atoms with Crippen LogP contribution in [0.2, 0.25) is 0 Å². The SMILES string of the molecule is Cc1cc(C)c2ncc(C#N)c(NCc3cn4c(C)cccc4n3)c2c1. The van der Waals surface area contributed by atoms with E-state index in [0.29, 0.717) is 12.1 Å². The number of nitriles is 1. The lowest BCUT2D eigenvalue weighted by Crippen LogP contribution is -2.04. The molecule has 0 bridgehead atoms. The van der Waals surface area contributed by atoms with Gasteiger partial charge >= 0.3 is 0 Å². The Morgan fingerprint density at radius 3 is 2.81 bits per heavy atom. The number of aryl methyl sites for hydroxylation is 3. The quantitative estimate of drug-likeness (QED) is 0.603. The summed E-state index contributed by atoms with van der Waals surface area (Å²) in [5, 5.41) is 13.9. The van der Waals surface area contributed by atoms with Crippen molar-refractivity contribution in [1.82, 2.24) is 14.4 Å². The summed E-state index contributed by atoms with van der Waals surface area (Å²) in [6.45, 7) is 6.70. The number of hydrogen-bond donors (Lipinski definition) is 1. The van der Waals surface area contributed by atoms with Crippen LogP contribution in [0, 0.1) is 32.1 Å². The second kappa shape index (κ2) is 6.16. The minimum absolute atomic E-state index is 0.544. The van der Waals surface area contributed by atoms with Gasteiger partial charge in [-0.2, -0.15) is 5.26 Å². The Labute approximate surface area is 151 Å². The van der Waals surface area contributed by atoms with E-state index < -0.39 is 0 Å². The molecule has 5 heteroatoms. The maximum absolute atomic E-state index is 9.51. The summed E-state index contributed by atoms with van der Waals surface area (Å²) < 4.78 is 2.07. The van der Waals surface area contributed by atoms with Gasteiger partial charge in [-0.3, -0.25) is 4.98 Å². The van der Waals surface area contributed by atoms with E-state index in [4.69, 9.17) is 0 Å². The number of rotatable bonds is 3. The van der Waals surface area contributed by atoms with E-state index in [2.05, 4.69) is 57.8 Å². The minimum atomic E-state index is 0.544. The summed E-state index contributed by atoms with van der Waals surface area (Å²) in [6, 6.07) is 12.5. The van der Waals surface area contributed by atoms with Crippen LogP contribution >= 0.6 is 0 Å². The predicted octanol–water partition coefficient (Wildman–Crippen LogP) is 4.29. The van der Waals surface area contributed by atoms with Gasteiger partial charge in [-0.1, -0.05) is 17.7 Å². The molecule has 128 valence electrons. The van der Waals surface area contributed by atoms with Gasteiger partial charge in [-0.15, -0.1) is 0 Å². The summed E-state index contributed by atoms with van der Waals surface area (Å²) >= 11 is 0. The van der Waals surface area contributed by atoms with E-state index in [1.807, 2.05) is 25.3 Å². The molecule has 0 aliphatic heterocycles. The number of benzene rings is 1. The molecule has 0 spiro atoms. The van der Waals surface area contributed by atoms with Crippen molar-refractivity contribution in [3.8, 4) is 6.07 Å². The lowest BCUT2D eigenvalue weighted by Gasteiger charge is -2.12. The zero-order valence-electron chi connectivity index (χ0n) is 15.0. The van der Waals surface area contributed by atoms with E-state index in [1.165, 1.54) is 0 Å². The maximum Gasteiger partial charge on any atom is 0.137 e. The molecule has 0 aliphatic rings.